The molecule has 1 rings (SSSR count). The molecule has 2 N–H and O–H groups in total. The Morgan fingerprint density at radius 2 is 1.84 bits per heavy atom. The van der Waals surface area contributed by atoms with E-state index in [-0.39, 0.29) is 12.5 Å². The van der Waals surface area contributed by atoms with Crippen molar-refractivity contribution in [3.63, 3.8) is 0 Å². The number of carboxylic acids is 1. The molecule has 1 aliphatic heterocycles. The van der Waals surface area contributed by atoms with Crippen molar-refractivity contribution in [3.8, 4) is 0 Å². The summed E-state index contributed by atoms with van der Waals surface area (Å²) in [7, 11) is 0. The summed E-state index contributed by atoms with van der Waals surface area (Å²) in [6, 6.07) is 0.00832. The summed E-state index contributed by atoms with van der Waals surface area (Å²) in [4.78, 5) is 26.2. The molecule has 0 bridgehead atoms. The number of amides is 2. The van der Waals surface area contributed by atoms with Gasteiger partial charge < -0.3 is 15.3 Å². The number of hydrogen-bond donors (Lipinski definition) is 2. The molecule has 1 fully saturated rings. The number of urea groups is 1. The predicted molar refractivity (Wildman–Crippen MR) is 73.2 cm³/mol. The maximum Gasteiger partial charge on any atom is 0.317 e. The first-order chi connectivity index (χ1) is 9.13. The number of nitrogens with zero attached hydrogens (tertiary/aromatic N) is 2. The number of hydrogen-bond acceptors (Lipinski definition) is 3. The van der Waals surface area contributed by atoms with E-state index in [1.807, 2.05) is 4.90 Å². The highest BCUT2D eigenvalue weighted by molar-refractivity contribution is 5.74. The Hall–Kier alpha value is -1.30. The van der Waals surface area contributed by atoms with Gasteiger partial charge in [0.2, 0.25) is 0 Å². The van der Waals surface area contributed by atoms with E-state index in [0.717, 1.165) is 38.9 Å². The van der Waals surface area contributed by atoms with E-state index in [0.29, 0.717) is 19.6 Å². The van der Waals surface area contributed by atoms with E-state index in [9.17, 15) is 9.59 Å². The second kappa shape index (κ2) is 8.74. The van der Waals surface area contributed by atoms with Gasteiger partial charge in [-0.1, -0.05) is 19.8 Å². The van der Waals surface area contributed by atoms with Gasteiger partial charge in [0.05, 0.1) is 6.42 Å². The number of carbonyl (C=O) groups excluding carboxylic acids is 1. The number of carbonyl (C=O) groups is 2. The van der Waals surface area contributed by atoms with Gasteiger partial charge in [0.15, 0.2) is 0 Å². The molecule has 0 radical (unpaired) electrons. The Bertz CT molecular complexity index is 289. The van der Waals surface area contributed by atoms with Crippen LogP contribution in [-0.2, 0) is 4.79 Å². The number of aliphatic carboxylic acids is 1. The molecule has 1 saturated heterocycles. The van der Waals surface area contributed by atoms with Crippen molar-refractivity contribution >= 4 is 12.0 Å². The predicted octanol–water partition coefficient (Wildman–Crippen LogP) is 0.979. The number of nitrogens with one attached hydrogen (secondary N) is 1. The third-order valence-electron chi connectivity index (χ3n) is 3.36. The van der Waals surface area contributed by atoms with Crippen molar-refractivity contribution in [2.24, 2.45) is 0 Å². The van der Waals surface area contributed by atoms with Crippen molar-refractivity contribution in [2.45, 2.75) is 32.6 Å². The zero-order valence-corrected chi connectivity index (χ0v) is 11.7. The smallest absolute Gasteiger partial charge is 0.317 e. The highest BCUT2D eigenvalue weighted by atomic mass is 16.4. The fraction of sp³-hybridized carbons (Fsp3) is 0.846. The minimum absolute atomic E-state index is 0.00832. The molecule has 1 aliphatic rings. The summed E-state index contributed by atoms with van der Waals surface area (Å²) >= 11 is 0. The molecule has 1 heterocycles. The quantitative estimate of drug-likeness (QED) is 0.677. The molecule has 2 amide bonds. The Balaban J connectivity index is 2.14. The minimum atomic E-state index is -0.768. The van der Waals surface area contributed by atoms with Crippen LogP contribution in [-0.4, -0.2) is 66.2 Å². The van der Waals surface area contributed by atoms with Gasteiger partial charge in [-0.3, -0.25) is 9.69 Å². The lowest BCUT2D eigenvalue weighted by Crippen LogP contribution is -2.52. The Morgan fingerprint density at radius 3 is 2.42 bits per heavy atom. The van der Waals surface area contributed by atoms with Gasteiger partial charge in [0.25, 0.3) is 0 Å². The molecule has 0 aromatic heterocycles. The van der Waals surface area contributed by atoms with E-state index in [1.54, 1.807) is 0 Å². The molecule has 0 atom stereocenters. The van der Waals surface area contributed by atoms with Gasteiger partial charge in [0.1, 0.15) is 0 Å². The van der Waals surface area contributed by atoms with Gasteiger partial charge in [0, 0.05) is 39.3 Å². The summed E-state index contributed by atoms with van der Waals surface area (Å²) in [5.74, 6) is -0.768. The molecule has 0 aliphatic carbocycles. The highest BCUT2D eigenvalue weighted by Gasteiger charge is 2.20. The van der Waals surface area contributed by atoms with Crippen molar-refractivity contribution in [3.05, 3.63) is 0 Å². The fourth-order valence-electron chi connectivity index (χ4n) is 2.11. The summed E-state index contributed by atoms with van der Waals surface area (Å²) in [5, 5.41) is 11.6. The normalized spacial score (nSPS) is 16.4. The molecule has 0 unspecified atom stereocenters. The van der Waals surface area contributed by atoms with Gasteiger partial charge in [-0.2, -0.15) is 0 Å². The van der Waals surface area contributed by atoms with Crippen LogP contribution in [0.25, 0.3) is 0 Å². The van der Waals surface area contributed by atoms with Crippen LogP contribution in [0.5, 0.6) is 0 Å². The third-order valence-corrected chi connectivity index (χ3v) is 3.36. The largest absolute Gasteiger partial charge is 0.481 e. The van der Waals surface area contributed by atoms with Crippen LogP contribution in [0.3, 0.4) is 0 Å². The molecule has 0 aromatic carbocycles. The average molecular weight is 271 g/mol. The fourth-order valence-corrected chi connectivity index (χ4v) is 2.11. The monoisotopic (exact) mass is 271 g/mol. The maximum absolute atomic E-state index is 11.8. The Morgan fingerprint density at radius 1 is 1.16 bits per heavy atom. The van der Waals surface area contributed by atoms with Crippen LogP contribution >= 0.6 is 0 Å². The van der Waals surface area contributed by atoms with Crippen LogP contribution in [0.15, 0.2) is 0 Å². The standard InChI is InChI=1S/C13H25N3O3/c1-2-3-4-6-14-13(19)16-10-8-15(9-11-16)7-5-12(17)18/h2-11H2,1H3,(H,14,19)(H,17,18). The van der Waals surface area contributed by atoms with Crippen LogP contribution in [0.2, 0.25) is 0 Å². The van der Waals surface area contributed by atoms with E-state index >= 15 is 0 Å². The lowest BCUT2D eigenvalue weighted by atomic mass is 10.2. The summed E-state index contributed by atoms with van der Waals surface area (Å²) < 4.78 is 0. The molecule has 0 saturated carbocycles. The first-order valence-corrected chi connectivity index (χ1v) is 7.10. The van der Waals surface area contributed by atoms with E-state index < -0.39 is 5.97 Å². The molecular weight excluding hydrogens is 246 g/mol. The zero-order valence-electron chi connectivity index (χ0n) is 11.7. The second-order valence-electron chi connectivity index (χ2n) is 4.91. The van der Waals surface area contributed by atoms with Crippen molar-refractivity contribution in [2.75, 3.05) is 39.3 Å². The topological polar surface area (TPSA) is 72.9 Å². The van der Waals surface area contributed by atoms with Crippen molar-refractivity contribution < 1.29 is 14.7 Å². The number of unbranched alkanes of at least 4 members (excludes halogenated alkanes) is 2. The van der Waals surface area contributed by atoms with Crippen molar-refractivity contribution in [1.29, 1.82) is 0 Å². The molecule has 0 spiro atoms. The Kier molecular flexibility index (Phi) is 7.25. The van der Waals surface area contributed by atoms with Gasteiger partial charge >= 0.3 is 12.0 Å². The number of piperazine rings is 1. The molecule has 0 aromatic rings. The van der Waals surface area contributed by atoms with Crippen LogP contribution in [0.1, 0.15) is 32.6 Å². The molecular formula is C13H25N3O3. The second-order valence-corrected chi connectivity index (χ2v) is 4.91. The average Bonchev–Trinajstić information content (AvgIpc) is 2.41. The first kappa shape index (κ1) is 15.8. The van der Waals surface area contributed by atoms with Gasteiger partial charge in [-0.15, -0.1) is 0 Å². The minimum Gasteiger partial charge on any atom is -0.481 e. The number of carboxylic acid groups (broad SMARTS) is 1. The summed E-state index contributed by atoms with van der Waals surface area (Å²) in [5.41, 5.74) is 0. The van der Waals surface area contributed by atoms with E-state index in [2.05, 4.69) is 17.1 Å². The van der Waals surface area contributed by atoms with Gasteiger partial charge in [-0.05, 0) is 6.42 Å². The van der Waals surface area contributed by atoms with E-state index in [1.165, 1.54) is 0 Å². The molecule has 110 valence electrons. The molecule has 19 heavy (non-hydrogen) atoms. The van der Waals surface area contributed by atoms with Gasteiger partial charge in [-0.25, -0.2) is 4.79 Å². The zero-order chi connectivity index (χ0) is 14.1. The molecule has 6 nitrogen and oxygen atoms in total. The van der Waals surface area contributed by atoms with Crippen LogP contribution in [0, 0.1) is 0 Å². The maximum atomic E-state index is 11.8. The SMILES string of the molecule is CCCCCNC(=O)N1CCN(CCC(=O)O)CC1. The third kappa shape index (κ3) is 6.42. The lowest BCUT2D eigenvalue weighted by molar-refractivity contribution is -0.137. The van der Waals surface area contributed by atoms with Crippen LogP contribution in [0.4, 0.5) is 4.79 Å². The summed E-state index contributed by atoms with van der Waals surface area (Å²) in [6.45, 7) is 6.33. The van der Waals surface area contributed by atoms with Crippen molar-refractivity contribution in [1.82, 2.24) is 15.1 Å². The number of rotatable bonds is 7. The summed E-state index contributed by atoms with van der Waals surface area (Å²) in [6.07, 6.45) is 3.49. The highest BCUT2D eigenvalue weighted by Crippen LogP contribution is 2.03. The molecule has 6 heteroatoms. The van der Waals surface area contributed by atoms with E-state index in [4.69, 9.17) is 5.11 Å². The van der Waals surface area contributed by atoms with Crippen LogP contribution < -0.4 is 5.32 Å². The lowest BCUT2D eigenvalue weighted by Gasteiger charge is -2.34. The Labute approximate surface area is 114 Å². The first-order valence-electron chi connectivity index (χ1n) is 7.10.